The average molecular weight is 365 g/mol. The van der Waals surface area contributed by atoms with Crippen LogP contribution in [0.3, 0.4) is 0 Å². The van der Waals surface area contributed by atoms with Gasteiger partial charge in [0.2, 0.25) is 0 Å². The Balaban J connectivity index is 2.06. The van der Waals surface area contributed by atoms with E-state index in [1.807, 2.05) is 25.3 Å². The Bertz CT molecular complexity index is 765. The molecule has 3 aromatic rings. The van der Waals surface area contributed by atoms with Gasteiger partial charge in [-0.15, -0.1) is 11.6 Å². The first kappa shape index (κ1) is 14.5. The highest BCUT2D eigenvalue weighted by Crippen LogP contribution is 2.19. The maximum atomic E-state index is 5.91. The number of benzene rings is 1. The van der Waals surface area contributed by atoms with E-state index < -0.39 is 0 Å². The molecule has 0 N–H and O–H groups in total. The number of alkyl halides is 1. The third-order valence-corrected chi connectivity index (χ3v) is 4.09. The predicted molar refractivity (Wildman–Crippen MR) is 89.9 cm³/mol. The SMILES string of the molecule is Cc1cnc2c(c1)nc(CCCl)n2Cc1ccc(Br)cc1. The Morgan fingerprint density at radius 1 is 1.24 bits per heavy atom. The zero-order valence-corrected chi connectivity index (χ0v) is 14.0. The van der Waals surface area contributed by atoms with Crippen molar-refractivity contribution < 1.29 is 0 Å². The van der Waals surface area contributed by atoms with E-state index in [4.69, 9.17) is 11.6 Å². The lowest BCUT2D eigenvalue weighted by molar-refractivity contribution is 0.747. The van der Waals surface area contributed by atoms with E-state index in [0.717, 1.165) is 40.0 Å². The molecule has 2 heterocycles. The summed E-state index contributed by atoms with van der Waals surface area (Å²) in [7, 11) is 0. The number of aromatic nitrogens is 3. The van der Waals surface area contributed by atoms with Gasteiger partial charge in [-0.1, -0.05) is 28.1 Å². The van der Waals surface area contributed by atoms with Crippen molar-refractivity contribution in [3.8, 4) is 0 Å². The molecule has 3 rings (SSSR count). The summed E-state index contributed by atoms with van der Waals surface area (Å²) < 4.78 is 3.23. The first-order valence-corrected chi connectivity index (χ1v) is 8.12. The van der Waals surface area contributed by atoms with Gasteiger partial charge in [-0.2, -0.15) is 0 Å². The summed E-state index contributed by atoms with van der Waals surface area (Å²) in [4.78, 5) is 9.23. The molecule has 108 valence electrons. The van der Waals surface area contributed by atoms with Gasteiger partial charge in [-0.05, 0) is 36.2 Å². The number of hydrogen-bond acceptors (Lipinski definition) is 2. The number of fused-ring (bicyclic) bond motifs is 1. The number of rotatable bonds is 4. The minimum atomic E-state index is 0.558. The van der Waals surface area contributed by atoms with Crippen molar-refractivity contribution >= 4 is 38.7 Å². The van der Waals surface area contributed by atoms with Gasteiger partial charge in [0.15, 0.2) is 5.65 Å². The topological polar surface area (TPSA) is 30.7 Å². The van der Waals surface area contributed by atoms with Crippen molar-refractivity contribution in [2.75, 3.05) is 5.88 Å². The summed E-state index contributed by atoms with van der Waals surface area (Å²) in [6.07, 6.45) is 2.63. The minimum Gasteiger partial charge on any atom is -0.308 e. The van der Waals surface area contributed by atoms with E-state index in [-0.39, 0.29) is 0 Å². The Morgan fingerprint density at radius 3 is 2.71 bits per heavy atom. The second kappa shape index (κ2) is 6.16. The fourth-order valence-corrected chi connectivity index (χ4v) is 2.81. The highest BCUT2D eigenvalue weighted by atomic mass is 79.9. The van der Waals surface area contributed by atoms with Gasteiger partial charge >= 0.3 is 0 Å². The number of pyridine rings is 1. The summed E-state index contributed by atoms with van der Waals surface area (Å²) in [5.74, 6) is 1.55. The van der Waals surface area contributed by atoms with Crippen LogP contribution in [-0.4, -0.2) is 20.4 Å². The van der Waals surface area contributed by atoms with Crippen molar-refractivity contribution in [3.05, 3.63) is 58.0 Å². The van der Waals surface area contributed by atoms with Crippen LogP contribution in [0.25, 0.3) is 11.2 Å². The molecule has 2 aromatic heterocycles. The molecular weight excluding hydrogens is 350 g/mol. The minimum absolute atomic E-state index is 0.558. The summed E-state index contributed by atoms with van der Waals surface area (Å²) in [6, 6.07) is 10.4. The van der Waals surface area contributed by atoms with Crippen molar-refractivity contribution in [2.24, 2.45) is 0 Å². The number of imidazole rings is 1. The van der Waals surface area contributed by atoms with Gasteiger partial charge in [-0.25, -0.2) is 9.97 Å². The standard InChI is InChI=1S/C16H15BrClN3/c1-11-8-14-16(19-9-11)21(15(20-14)6-7-18)10-12-2-4-13(17)5-3-12/h2-5,8-9H,6-7,10H2,1H3. The van der Waals surface area contributed by atoms with Crippen LogP contribution in [0.15, 0.2) is 41.0 Å². The highest BCUT2D eigenvalue weighted by molar-refractivity contribution is 9.10. The normalized spacial score (nSPS) is 11.2. The Kier molecular flexibility index (Phi) is 4.27. The predicted octanol–water partition coefficient (Wildman–Crippen LogP) is 4.33. The van der Waals surface area contributed by atoms with Gasteiger partial charge in [0.1, 0.15) is 11.3 Å². The Hall–Kier alpha value is -1.39. The van der Waals surface area contributed by atoms with Crippen molar-refractivity contribution in [1.82, 2.24) is 14.5 Å². The van der Waals surface area contributed by atoms with E-state index in [1.165, 1.54) is 5.56 Å². The quantitative estimate of drug-likeness (QED) is 0.645. The van der Waals surface area contributed by atoms with Crippen LogP contribution in [0.4, 0.5) is 0 Å². The van der Waals surface area contributed by atoms with E-state index >= 15 is 0 Å². The van der Waals surface area contributed by atoms with Crippen LogP contribution >= 0.6 is 27.5 Å². The Labute approximate surface area is 137 Å². The molecule has 0 bridgehead atoms. The summed E-state index contributed by atoms with van der Waals surface area (Å²) in [5, 5.41) is 0. The molecule has 0 aliphatic carbocycles. The molecule has 0 saturated carbocycles. The zero-order chi connectivity index (χ0) is 14.8. The highest BCUT2D eigenvalue weighted by Gasteiger charge is 2.12. The number of aryl methyl sites for hydroxylation is 2. The molecule has 0 radical (unpaired) electrons. The summed E-state index contributed by atoms with van der Waals surface area (Å²) in [6.45, 7) is 2.79. The molecule has 0 atom stereocenters. The van der Waals surface area contributed by atoms with Gasteiger partial charge < -0.3 is 4.57 Å². The number of hydrogen-bond donors (Lipinski definition) is 0. The first-order valence-electron chi connectivity index (χ1n) is 6.79. The largest absolute Gasteiger partial charge is 0.308 e. The van der Waals surface area contributed by atoms with Crippen LogP contribution in [0.2, 0.25) is 0 Å². The lowest BCUT2D eigenvalue weighted by Crippen LogP contribution is -2.06. The molecule has 1 aromatic carbocycles. The molecule has 0 saturated heterocycles. The van der Waals surface area contributed by atoms with Crippen molar-refractivity contribution in [1.29, 1.82) is 0 Å². The van der Waals surface area contributed by atoms with Gasteiger partial charge in [0.05, 0.1) is 6.54 Å². The molecule has 0 aliphatic heterocycles. The molecule has 0 spiro atoms. The zero-order valence-electron chi connectivity index (χ0n) is 11.7. The van der Waals surface area contributed by atoms with E-state index in [0.29, 0.717) is 5.88 Å². The first-order chi connectivity index (χ1) is 10.2. The lowest BCUT2D eigenvalue weighted by atomic mass is 10.2. The maximum Gasteiger partial charge on any atom is 0.160 e. The van der Waals surface area contributed by atoms with E-state index in [9.17, 15) is 0 Å². The molecule has 21 heavy (non-hydrogen) atoms. The van der Waals surface area contributed by atoms with Crippen LogP contribution in [0.5, 0.6) is 0 Å². The van der Waals surface area contributed by atoms with Crippen molar-refractivity contribution in [2.45, 2.75) is 19.9 Å². The van der Waals surface area contributed by atoms with Crippen LogP contribution in [0, 0.1) is 6.92 Å². The smallest absolute Gasteiger partial charge is 0.160 e. The fraction of sp³-hybridized carbons (Fsp3) is 0.250. The molecule has 3 nitrogen and oxygen atoms in total. The molecule has 5 heteroatoms. The molecular formula is C16H15BrClN3. The van der Waals surface area contributed by atoms with Crippen molar-refractivity contribution in [3.63, 3.8) is 0 Å². The van der Waals surface area contributed by atoms with Gasteiger partial charge in [0.25, 0.3) is 0 Å². The molecule has 0 fully saturated rings. The average Bonchev–Trinajstić information content (AvgIpc) is 2.79. The number of halogens is 2. The summed E-state index contributed by atoms with van der Waals surface area (Å²) in [5.41, 5.74) is 4.19. The summed E-state index contributed by atoms with van der Waals surface area (Å²) >= 11 is 9.37. The molecule has 0 amide bonds. The third kappa shape index (κ3) is 3.11. The van der Waals surface area contributed by atoms with Gasteiger partial charge in [-0.3, -0.25) is 0 Å². The van der Waals surface area contributed by atoms with Crippen LogP contribution < -0.4 is 0 Å². The van der Waals surface area contributed by atoms with Crippen LogP contribution in [-0.2, 0) is 13.0 Å². The monoisotopic (exact) mass is 363 g/mol. The number of nitrogens with zero attached hydrogens (tertiary/aromatic N) is 3. The lowest BCUT2D eigenvalue weighted by Gasteiger charge is -2.08. The molecule has 0 unspecified atom stereocenters. The van der Waals surface area contributed by atoms with E-state index in [2.05, 4.69) is 48.7 Å². The van der Waals surface area contributed by atoms with E-state index in [1.54, 1.807) is 0 Å². The fourth-order valence-electron chi connectivity index (χ4n) is 2.37. The Morgan fingerprint density at radius 2 is 2.00 bits per heavy atom. The van der Waals surface area contributed by atoms with Crippen LogP contribution in [0.1, 0.15) is 17.0 Å². The molecule has 0 aliphatic rings. The second-order valence-corrected chi connectivity index (χ2v) is 6.33. The maximum absolute atomic E-state index is 5.91. The third-order valence-electron chi connectivity index (χ3n) is 3.37. The second-order valence-electron chi connectivity index (χ2n) is 5.04. The van der Waals surface area contributed by atoms with Gasteiger partial charge in [0, 0.05) is 23.0 Å².